The van der Waals surface area contributed by atoms with Crippen molar-refractivity contribution in [2.45, 2.75) is 82.8 Å². The van der Waals surface area contributed by atoms with Gasteiger partial charge in [-0.1, -0.05) is 61.6 Å². The van der Waals surface area contributed by atoms with Gasteiger partial charge in [0, 0.05) is 31.4 Å². The quantitative estimate of drug-likeness (QED) is 0.156. The molecule has 8 atom stereocenters. The summed E-state index contributed by atoms with van der Waals surface area (Å²) in [6.45, 7) is 2.54. The average molecular weight is 685 g/mol. The third-order valence-electron chi connectivity index (χ3n) is 10.8. The number of dihydropyridines is 1. The molecule has 0 saturated heterocycles. The number of aromatic hydroxyl groups is 1. The molecule has 2 aromatic carbocycles. The fraction of sp³-hybridized carbons (Fsp3) is 0.512. The van der Waals surface area contributed by atoms with Crippen LogP contribution in [0.25, 0.3) is 0 Å². The summed E-state index contributed by atoms with van der Waals surface area (Å²) in [6.07, 6.45) is 5.78. The maximum Gasteiger partial charge on any atom is 0.173 e. The van der Waals surface area contributed by atoms with E-state index < -0.39 is 41.5 Å². The van der Waals surface area contributed by atoms with Crippen LogP contribution < -0.4 is 15.8 Å². The zero-order chi connectivity index (χ0) is 35.8. The van der Waals surface area contributed by atoms with Crippen molar-refractivity contribution in [3.05, 3.63) is 82.7 Å². The van der Waals surface area contributed by atoms with Crippen molar-refractivity contribution in [3.63, 3.8) is 0 Å². The van der Waals surface area contributed by atoms with Crippen molar-refractivity contribution >= 4 is 11.6 Å². The SMILES string of the molecule is CCCC(C(O)CCO)C1CC(CC2=CCNC(N)=C2)CC2C#CC(c3ccccc3)c3cc(O)c(OC)cc3CCC(=O)C(O)C(=O)C2C1. The maximum atomic E-state index is 14.3. The van der Waals surface area contributed by atoms with Crippen LogP contribution in [-0.4, -0.2) is 64.5 Å². The summed E-state index contributed by atoms with van der Waals surface area (Å²) in [5.74, 6) is 4.92. The third kappa shape index (κ3) is 8.79. The number of fused-ring (bicyclic) bond motifs is 2. The number of hydrogen-bond acceptors (Lipinski definition) is 9. The van der Waals surface area contributed by atoms with Gasteiger partial charge in [-0.3, -0.25) is 9.59 Å². The van der Waals surface area contributed by atoms with Crippen LogP contribution in [0.5, 0.6) is 11.5 Å². The molecule has 0 spiro atoms. The summed E-state index contributed by atoms with van der Waals surface area (Å²) in [5.41, 5.74) is 9.63. The summed E-state index contributed by atoms with van der Waals surface area (Å²) in [5, 5.41) is 46.4. The highest BCUT2D eigenvalue weighted by Crippen LogP contribution is 2.45. The average Bonchev–Trinajstić information content (AvgIpc) is 3.28. The molecule has 1 fully saturated rings. The first-order valence-electron chi connectivity index (χ1n) is 18.0. The van der Waals surface area contributed by atoms with Gasteiger partial charge in [0.1, 0.15) is 0 Å². The fourth-order valence-electron chi connectivity index (χ4n) is 8.34. The number of ketones is 2. The number of rotatable bonds is 10. The molecular formula is C41H52N2O7. The largest absolute Gasteiger partial charge is 0.504 e. The van der Waals surface area contributed by atoms with E-state index >= 15 is 0 Å². The van der Waals surface area contributed by atoms with Gasteiger partial charge in [-0.15, -0.1) is 0 Å². The molecule has 9 heteroatoms. The second kappa shape index (κ2) is 17.2. The fourth-order valence-corrected chi connectivity index (χ4v) is 8.34. The van der Waals surface area contributed by atoms with Gasteiger partial charge in [0.15, 0.2) is 29.2 Å². The minimum atomic E-state index is -1.80. The van der Waals surface area contributed by atoms with Crippen molar-refractivity contribution in [2.24, 2.45) is 35.3 Å². The lowest BCUT2D eigenvalue weighted by Gasteiger charge is -2.33. The van der Waals surface area contributed by atoms with E-state index in [1.807, 2.05) is 36.4 Å². The van der Waals surface area contributed by atoms with E-state index in [2.05, 4.69) is 30.2 Å². The number of phenols is 1. The van der Waals surface area contributed by atoms with Crippen molar-refractivity contribution < 1.29 is 34.8 Å². The minimum Gasteiger partial charge on any atom is -0.504 e. The molecule has 0 amide bonds. The van der Waals surface area contributed by atoms with E-state index in [1.165, 1.54) is 7.11 Å². The highest BCUT2D eigenvalue weighted by atomic mass is 16.5. The van der Waals surface area contributed by atoms with Crippen LogP contribution in [-0.2, 0) is 16.0 Å². The van der Waals surface area contributed by atoms with Crippen molar-refractivity contribution in [3.8, 4) is 23.3 Å². The Kier molecular flexibility index (Phi) is 12.8. The number of nitrogens with one attached hydrogen (secondary N) is 1. The molecule has 9 nitrogen and oxygen atoms in total. The number of Topliss-reactive ketones (excluding diaryl/α,β-unsaturated/α-hetero) is 2. The molecule has 268 valence electrons. The number of nitrogens with two attached hydrogens (primary N) is 1. The molecule has 2 aromatic rings. The number of carbonyl (C=O) groups excluding carboxylic acids is 2. The van der Waals surface area contributed by atoms with Gasteiger partial charge in [-0.25, -0.2) is 0 Å². The number of phenolic OH excluding ortho intramolecular Hbond substituents is 1. The first-order valence-corrected chi connectivity index (χ1v) is 18.0. The Bertz CT molecular complexity index is 1620. The molecule has 5 rings (SSSR count). The summed E-state index contributed by atoms with van der Waals surface area (Å²) >= 11 is 0. The molecule has 2 aliphatic carbocycles. The first kappa shape index (κ1) is 37.2. The number of benzene rings is 2. The zero-order valence-corrected chi connectivity index (χ0v) is 29.2. The Morgan fingerprint density at radius 3 is 2.54 bits per heavy atom. The van der Waals surface area contributed by atoms with Gasteiger partial charge in [0.25, 0.3) is 0 Å². The van der Waals surface area contributed by atoms with E-state index in [-0.39, 0.29) is 55.1 Å². The number of aryl methyl sites for hydroxylation is 1. The number of methoxy groups -OCH3 is 1. The highest BCUT2D eigenvalue weighted by molar-refractivity contribution is 6.06. The molecule has 50 heavy (non-hydrogen) atoms. The van der Waals surface area contributed by atoms with Gasteiger partial charge in [-0.2, -0.15) is 0 Å². The van der Waals surface area contributed by atoms with Crippen LogP contribution in [0.4, 0.5) is 0 Å². The van der Waals surface area contributed by atoms with Gasteiger partial charge in [0.05, 0.1) is 25.0 Å². The number of aliphatic hydroxyl groups is 3. The van der Waals surface area contributed by atoms with Crippen molar-refractivity contribution in [1.82, 2.24) is 5.32 Å². The lowest BCUT2D eigenvalue weighted by molar-refractivity contribution is -0.142. The molecule has 1 saturated carbocycles. The normalized spacial score (nSPS) is 26.9. The van der Waals surface area contributed by atoms with E-state index in [0.29, 0.717) is 31.6 Å². The second-order valence-electron chi connectivity index (χ2n) is 14.2. The Morgan fingerprint density at radius 2 is 1.84 bits per heavy atom. The molecule has 1 heterocycles. The molecule has 0 radical (unpaired) electrons. The molecule has 0 bridgehead atoms. The standard InChI is InChI=1S/C41H52N2O7/c1-3-7-32(35(45)15-17-44)30-20-26(18-25-14-16-43-39(42)21-25)19-28-10-12-31(27-8-5-4-6-9-27)33-24-37(47)38(50-2)23-29(33)11-13-36(46)41(49)40(48)34(28)22-30/h4-6,8-9,14,21,23-24,26,28,30-32,34-35,41,43-45,47,49H,3,7,11,13,15-20,22,42H2,1-2H3. The minimum absolute atomic E-state index is 0.0381. The predicted molar refractivity (Wildman–Crippen MR) is 192 cm³/mol. The van der Waals surface area contributed by atoms with Gasteiger partial charge < -0.3 is 36.2 Å². The molecule has 3 aliphatic rings. The monoisotopic (exact) mass is 684 g/mol. The Labute approximate surface area is 295 Å². The van der Waals surface area contributed by atoms with E-state index in [1.54, 1.807) is 12.1 Å². The van der Waals surface area contributed by atoms with Gasteiger partial charge in [-0.05, 0) is 103 Å². The number of allylic oxidation sites excluding steroid dienone is 2. The number of hydrogen-bond donors (Lipinski definition) is 6. The van der Waals surface area contributed by atoms with Crippen molar-refractivity contribution in [2.75, 3.05) is 20.3 Å². The zero-order valence-electron chi connectivity index (χ0n) is 29.2. The Balaban J connectivity index is 1.66. The van der Waals surface area contributed by atoms with Crippen molar-refractivity contribution in [1.29, 1.82) is 0 Å². The smallest absolute Gasteiger partial charge is 0.173 e. The Morgan fingerprint density at radius 1 is 1.06 bits per heavy atom. The van der Waals surface area contributed by atoms with Crippen LogP contribution in [0.15, 0.2) is 66.0 Å². The predicted octanol–water partition coefficient (Wildman–Crippen LogP) is 4.51. The van der Waals surface area contributed by atoms with Crippen LogP contribution in [0.2, 0.25) is 0 Å². The molecule has 8 unspecified atom stereocenters. The third-order valence-corrected chi connectivity index (χ3v) is 10.8. The number of carbonyl (C=O) groups is 2. The van der Waals surface area contributed by atoms with E-state index in [9.17, 15) is 30.0 Å². The summed E-state index contributed by atoms with van der Waals surface area (Å²) in [6, 6.07) is 13.1. The van der Waals surface area contributed by atoms with E-state index in [4.69, 9.17) is 10.5 Å². The summed E-state index contributed by atoms with van der Waals surface area (Å²) < 4.78 is 5.41. The topological polar surface area (TPSA) is 162 Å². The number of ether oxygens (including phenoxy) is 1. The molecule has 1 aliphatic heterocycles. The first-order chi connectivity index (χ1) is 24.1. The second-order valence-corrected chi connectivity index (χ2v) is 14.2. The van der Waals surface area contributed by atoms with Crippen LogP contribution in [0, 0.1) is 41.4 Å². The maximum absolute atomic E-state index is 14.3. The van der Waals surface area contributed by atoms with Crippen LogP contribution in [0.1, 0.15) is 80.9 Å². The lowest BCUT2D eigenvalue weighted by atomic mass is 9.73. The molecular weight excluding hydrogens is 632 g/mol. The van der Waals surface area contributed by atoms with E-state index in [0.717, 1.165) is 41.5 Å². The number of aliphatic hydroxyl groups excluding tert-OH is 3. The van der Waals surface area contributed by atoms with Crippen LogP contribution >= 0.6 is 0 Å². The highest BCUT2D eigenvalue weighted by Gasteiger charge is 2.43. The Hall–Kier alpha value is -4.10. The lowest BCUT2D eigenvalue weighted by Crippen LogP contribution is -2.39. The van der Waals surface area contributed by atoms with Gasteiger partial charge in [0.2, 0.25) is 0 Å². The summed E-state index contributed by atoms with van der Waals surface area (Å²) in [4.78, 5) is 27.9. The molecule has 0 aromatic heterocycles. The van der Waals surface area contributed by atoms with Gasteiger partial charge >= 0.3 is 0 Å². The summed E-state index contributed by atoms with van der Waals surface area (Å²) in [7, 11) is 1.46. The van der Waals surface area contributed by atoms with Crippen LogP contribution in [0.3, 0.4) is 0 Å². The molecule has 7 N–H and O–H groups in total.